The average Bonchev–Trinajstić information content (AvgIpc) is 3.35. The minimum atomic E-state index is -0.504. The number of aromatic amines is 1. The summed E-state index contributed by atoms with van der Waals surface area (Å²) in [6.07, 6.45) is 3.43. The Morgan fingerprint density at radius 3 is 2.55 bits per heavy atom. The fraction of sp³-hybridized carbons (Fsp3) is 0.160. The van der Waals surface area contributed by atoms with E-state index in [-0.39, 0.29) is 12.5 Å². The van der Waals surface area contributed by atoms with Gasteiger partial charge in [-0.3, -0.25) is 4.79 Å². The maximum atomic E-state index is 12.8. The van der Waals surface area contributed by atoms with Crippen molar-refractivity contribution in [2.75, 3.05) is 19.0 Å². The molecule has 0 saturated carbocycles. The van der Waals surface area contributed by atoms with E-state index < -0.39 is 6.04 Å². The van der Waals surface area contributed by atoms with Gasteiger partial charge in [0.05, 0.1) is 24.9 Å². The van der Waals surface area contributed by atoms with Crippen molar-refractivity contribution < 1.29 is 14.6 Å². The number of rotatable bonds is 9. The van der Waals surface area contributed by atoms with Crippen LogP contribution in [0.15, 0.2) is 79.1 Å². The minimum absolute atomic E-state index is 0.207. The average molecular weight is 444 g/mol. The van der Waals surface area contributed by atoms with E-state index in [9.17, 15) is 9.90 Å². The SMILES string of the molecule is COCc1cnc(Nc2ccccc2)nc1-c1c[nH]c(C(=O)N[C@H](CO)c2ccccc2)c1. The van der Waals surface area contributed by atoms with Gasteiger partial charge in [-0.05, 0) is 23.8 Å². The number of benzene rings is 2. The summed E-state index contributed by atoms with van der Waals surface area (Å²) in [5.74, 6) is 0.113. The molecule has 2 aromatic heterocycles. The zero-order valence-corrected chi connectivity index (χ0v) is 18.2. The van der Waals surface area contributed by atoms with Crippen molar-refractivity contribution in [3.8, 4) is 11.3 Å². The molecule has 1 amide bonds. The number of carbonyl (C=O) groups is 1. The third-order valence-corrected chi connectivity index (χ3v) is 5.09. The Balaban J connectivity index is 1.57. The van der Waals surface area contributed by atoms with E-state index in [4.69, 9.17) is 4.74 Å². The van der Waals surface area contributed by atoms with Gasteiger partial charge in [-0.2, -0.15) is 0 Å². The molecule has 4 rings (SSSR count). The number of carbonyl (C=O) groups excluding carboxylic acids is 1. The predicted molar refractivity (Wildman–Crippen MR) is 126 cm³/mol. The molecule has 2 heterocycles. The molecule has 33 heavy (non-hydrogen) atoms. The van der Waals surface area contributed by atoms with Crippen LogP contribution in [-0.4, -0.2) is 39.7 Å². The number of nitrogens with zero attached hydrogens (tertiary/aromatic N) is 2. The minimum Gasteiger partial charge on any atom is -0.394 e. The van der Waals surface area contributed by atoms with Crippen LogP contribution in [0.3, 0.4) is 0 Å². The van der Waals surface area contributed by atoms with Crippen LogP contribution in [0.1, 0.15) is 27.7 Å². The van der Waals surface area contributed by atoms with Gasteiger partial charge in [-0.1, -0.05) is 48.5 Å². The first-order valence-corrected chi connectivity index (χ1v) is 10.5. The van der Waals surface area contributed by atoms with Crippen molar-refractivity contribution in [3.63, 3.8) is 0 Å². The number of methoxy groups -OCH3 is 1. The van der Waals surface area contributed by atoms with E-state index >= 15 is 0 Å². The van der Waals surface area contributed by atoms with Crippen molar-refractivity contribution in [1.82, 2.24) is 20.3 Å². The molecule has 0 aliphatic heterocycles. The zero-order valence-electron chi connectivity index (χ0n) is 18.2. The molecule has 0 spiro atoms. The van der Waals surface area contributed by atoms with Crippen molar-refractivity contribution in [3.05, 3.63) is 95.9 Å². The van der Waals surface area contributed by atoms with E-state index in [1.54, 1.807) is 25.6 Å². The molecular formula is C25H25N5O3. The van der Waals surface area contributed by atoms with Gasteiger partial charge in [0.15, 0.2) is 0 Å². The van der Waals surface area contributed by atoms with Crippen molar-refractivity contribution in [2.24, 2.45) is 0 Å². The predicted octanol–water partition coefficient (Wildman–Crippen LogP) is 3.83. The molecule has 1 atom stereocenters. The second-order valence-corrected chi connectivity index (χ2v) is 7.41. The van der Waals surface area contributed by atoms with Crippen LogP contribution in [0.4, 0.5) is 11.6 Å². The van der Waals surface area contributed by atoms with Gasteiger partial charge < -0.3 is 25.5 Å². The Hall–Kier alpha value is -4.01. The van der Waals surface area contributed by atoms with E-state index in [1.807, 2.05) is 60.7 Å². The standard InChI is InChI=1S/C25H25N5O3/c1-33-16-19-14-27-25(28-20-10-6-3-7-11-20)30-23(19)18-12-21(26-13-18)24(32)29-22(15-31)17-8-4-2-5-9-17/h2-14,22,26,31H,15-16H2,1H3,(H,29,32)(H,27,28,30)/t22-/m1/s1. The molecule has 0 unspecified atom stereocenters. The second-order valence-electron chi connectivity index (χ2n) is 7.41. The quantitative estimate of drug-likeness (QED) is 0.313. The maximum absolute atomic E-state index is 12.8. The highest BCUT2D eigenvalue weighted by Crippen LogP contribution is 2.25. The smallest absolute Gasteiger partial charge is 0.268 e. The summed E-state index contributed by atoms with van der Waals surface area (Å²) in [5.41, 5.74) is 4.23. The Labute approximate surface area is 191 Å². The molecule has 0 bridgehead atoms. The lowest BCUT2D eigenvalue weighted by Gasteiger charge is -2.16. The number of nitrogens with one attached hydrogen (secondary N) is 3. The highest BCUT2D eigenvalue weighted by molar-refractivity contribution is 5.94. The number of para-hydroxylation sites is 1. The van der Waals surface area contributed by atoms with E-state index in [2.05, 4.69) is 25.6 Å². The highest BCUT2D eigenvalue weighted by Gasteiger charge is 2.18. The molecule has 168 valence electrons. The van der Waals surface area contributed by atoms with Crippen molar-refractivity contribution >= 4 is 17.5 Å². The summed E-state index contributed by atoms with van der Waals surface area (Å²) in [5, 5.41) is 15.8. The molecule has 0 saturated heterocycles. The normalized spacial score (nSPS) is 11.7. The van der Waals surface area contributed by atoms with Crippen LogP contribution in [-0.2, 0) is 11.3 Å². The summed E-state index contributed by atoms with van der Waals surface area (Å²) in [6, 6.07) is 20.2. The van der Waals surface area contributed by atoms with Gasteiger partial charge in [-0.25, -0.2) is 9.97 Å². The highest BCUT2D eigenvalue weighted by atomic mass is 16.5. The molecule has 8 heteroatoms. The summed E-state index contributed by atoms with van der Waals surface area (Å²) < 4.78 is 5.30. The van der Waals surface area contributed by atoms with Crippen LogP contribution in [0.5, 0.6) is 0 Å². The molecule has 0 fully saturated rings. The van der Waals surface area contributed by atoms with Gasteiger partial charge >= 0.3 is 0 Å². The second kappa shape index (κ2) is 10.5. The first-order valence-electron chi connectivity index (χ1n) is 10.5. The molecule has 8 nitrogen and oxygen atoms in total. The molecule has 2 aromatic carbocycles. The van der Waals surface area contributed by atoms with Gasteiger partial charge in [0.25, 0.3) is 5.91 Å². The van der Waals surface area contributed by atoms with Crippen LogP contribution in [0, 0.1) is 0 Å². The number of ether oxygens (including phenoxy) is 1. The van der Waals surface area contributed by atoms with Gasteiger partial charge in [-0.15, -0.1) is 0 Å². The zero-order chi connectivity index (χ0) is 23.0. The third kappa shape index (κ3) is 5.43. The van der Waals surface area contributed by atoms with Crippen molar-refractivity contribution in [1.29, 1.82) is 0 Å². The van der Waals surface area contributed by atoms with Crippen LogP contribution in [0.2, 0.25) is 0 Å². The number of H-pyrrole nitrogens is 1. The lowest BCUT2D eigenvalue weighted by molar-refractivity contribution is 0.0912. The largest absolute Gasteiger partial charge is 0.394 e. The monoisotopic (exact) mass is 443 g/mol. The number of aromatic nitrogens is 3. The lowest BCUT2D eigenvalue weighted by Crippen LogP contribution is -2.30. The lowest BCUT2D eigenvalue weighted by atomic mass is 10.1. The Bertz CT molecular complexity index is 1200. The summed E-state index contributed by atoms with van der Waals surface area (Å²) in [6.45, 7) is 0.121. The molecule has 0 aliphatic carbocycles. The molecule has 4 aromatic rings. The maximum Gasteiger partial charge on any atom is 0.268 e. The molecular weight excluding hydrogens is 418 g/mol. The number of hydrogen-bond donors (Lipinski definition) is 4. The van der Waals surface area contributed by atoms with Crippen molar-refractivity contribution in [2.45, 2.75) is 12.6 Å². The Morgan fingerprint density at radius 2 is 1.85 bits per heavy atom. The fourth-order valence-corrected chi connectivity index (χ4v) is 3.45. The third-order valence-electron chi connectivity index (χ3n) is 5.09. The van der Waals surface area contributed by atoms with Gasteiger partial charge in [0.1, 0.15) is 5.69 Å². The molecule has 0 aliphatic rings. The van der Waals surface area contributed by atoms with Crippen LogP contribution in [0.25, 0.3) is 11.3 Å². The molecule has 0 radical (unpaired) electrons. The first-order chi connectivity index (χ1) is 16.2. The number of aliphatic hydroxyl groups is 1. The first kappa shape index (κ1) is 22.2. The summed E-state index contributed by atoms with van der Waals surface area (Å²) in [4.78, 5) is 24.9. The summed E-state index contributed by atoms with van der Waals surface area (Å²) >= 11 is 0. The van der Waals surface area contributed by atoms with Crippen LogP contribution >= 0.6 is 0 Å². The van der Waals surface area contributed by atoms with Crippen LogP contribution < -0.4 is 10.6 Å². The van der Waals surface area contributed by atoms with E-state index in [1.165, 1.54) is 0 Å². The molecule has 4 N–H and O–H groups in total. The van der Waals surface area contributed by atoms with E-state index in [0.717, 1.165) is 22.4 Å². The Morgan fingerprint density at radius 1 is 1.12 bits per heavy atom. The summed E-state index contributed by atoms with van der Waals surface area (Å²) in [7, 11) is 1.61. The van der Waals surface area contributed by atoms with Gasteiger partial charge in [0.2, 0.25) is 5.95 Å². The number of anilines is 2. The number of amides is 1. The number of hydrogen-bond acceptors (Lipinski definition) is 6. The van der Waals surface area contributed by atoms with Gasteiger partial charge in [0, 0.05) is 36.3 Å². The van der Waals surface area contributed by atoms with E-state index in [0.29, 0.717) is 23.9 Å². The topological polar surface area (TPSA) is 112 Å². The number of aliphatic hydroxyl groups excluding tert-OH is 1. The fourth-order valence-electron chi connectivity index (χ4n) is 3.45. The Kier molecular flexibility index (Phi) is 7.09.